The fraction of sp³-hybridized carbons (Fsp3) is 0.150. The van der Waals surface area contributed by atoms with Gasteiger partial charge in [0.2, 0.25) is 0 Å². The van der Waals surface area contributed by atoms with E-state index in [0.29, 0.717) is 0 Å². The SMILES string of the molecule is Cl.Fc1ccc(/C(=C\CCCc2ccccc2)c2cnc[nH]2)cc1. The third-order valence-corrected chi connectivity index (χ3v) is 3.80. The Hall–Kier alpha value is -2.39. The molecule has 0 fully saturated rings. The number of aryl methyl sites for hydroxylation is 1. The lowest BCUT2D eigenvalue weighted by Crippen LogP contribution is -1.90. The number of hydrogen-bond acceptors (Lipinski definition) is 1. The van der Waals surface area contributed by atoms with Gasteiger partial charge in [0.1, 0.15) is 5.82 Å². The maximum absolute atomic E-state index is 13.1. The lowest BCUT2D eigenvalue weighted by molar-refractivity contribution is 0.627. The maximum Gasteiger partial charge on any atom is 0.123 e. The van der Waals surface area contributed by atoms with Gasteiger partial charge in [0.15, 0.2) is 0 Å². The summed E-state index contributed by atoms with van der Waals surface area (Å²) >= 11 is 0. The highest BCUT2D eigenvalue weighted by molar-refractivity contribution is 5.85. The van der Waals surface area contributed by atoms with Crippen molar-refractivity contribution < 1.29 is 4.39 Å². The van der Waals surface area contributed by atoms with Crippen LogP contribution >= 0.6 is 12.4 Å². The van der Waals surface area contributed by atoms with Crippen molar-refractivity contribution in [1.29, 1.82) is 0 Å². The van der Waals surface area contributed by atoms with E-state index in [9.17, 15) is 4.39 Å². The van der Waals surface area contributed by atoms with Crippen LogP contribution in [0.2, 0.25) is 0 Å². The quantitative estimate of drug-likeness (QED) is 0.595. The van der Waals surface area contributed by atoms with Crippen molar-refractivity contribution in [3.05, 3.63) is 95.8 Å². The molecule has 1 aromatic heterocycles. The second-order valence-corrected chi connectivity index (χ2v) is 5.47. The smallest absolute Gasteiger partial charge is 0.123 e. The normalized spacial score (nSPS) is 11.1. The number of H-pyrrole nitrogens is 1. The van der Waals surface area contributed by atoms with E-state index in [1.165, 1.54) is 17.7 Å². The second kappa shape index (κ2) is 9.04. The molecule has 2 aromatic carbocycles. The molecule has 2 nitrogen and oxygen atoms in total. The summed E-state index contributed by atoms with van der Waals surface area (Å²) in [5.74, 6) is -0.221. The van der Waals surface area contributed by atoms with Crippen LogP contribution in [-0.4, -0.2) is 9.97 Å². The summed E-state index contributed by atoms with van der Waals surface area (Å²) in [6.45, 7) is 0. The maximum atomic E-state index is 13.1. The fourth-order valence-electron chi connectivity index (χ4n) is 2.61. The van der Waals surface area contributed by atoms with Crippen molar-refractivity contribution in [1.82, 2.24) is 9.97 Å². The largest absolute Gasteiger partial charge is 0.345 e. The van der Waals surface area contributed by atoms with Gasteiger partial charge in [-0.2, -0.15) is 0 Å². The molecular formula is C20H20ClFN2. The first-order chi connectivity index (χ1) is 11.3. The van der Waals surface area contributed by atoms with Crippen molar-refractivity contribution in [3.63, 3.8) is 0 Å². The Labute approximate surface area is 147 Å². The number of imidazole rings is 1. The van der Waals surface area contributed by atoms with Crippen molar-refractivity contribution in [2.45, 2.75) is 19.3 Å². The number of nitrogens with one attached hydrogen (secondary N) is 1. The summed E-state index contributed by atoms with van der Waals surface area (Å²) in [6.07, 6.45) is 8.74. The third kappa shape index (κ3) is 4.80. The molecule has 0 saturated heterocycles. The summed E-state index contributed by atoms with van der Waals surface area (Å²) in [5, 5.41) is 0. The van der Waals surface area contributed by atoms with Crippen LogP contribution in [0.1, 0.15) is 29.7 Å². The Balaban J connectivity index is 0.00000208. The predicted octanol–water partition coefficient (Wildman–Crippen LogP) is 5.43. The Morgan fingerprint density at radius 3 is 2.46 bits per heavy atom. The molecule has 1 heterocycles. The molecule has 0 atom stereocenters. The molecule has 0 radical (unpaired) electrons. The number of nitrogens with zero attached hydrogens (tertiary/aromatic N) is 1. The average Bonchev–Trinajstić information content (AvgIpc) is 3.11. The van der Waals surface area contributed by atoms with Crippen LogP contribution < -0.4 is 0 Å². The molecule has 3 rings (SSSR count). The summed E-state index contributed by atoms with van der Waals surface area (Å²) < 4.78 is 13.1. The van der Waals surface area contributed by atoms with E-state index in [1.54, 1.807) is 24.7 Å². The highest BCUT2D eigenvalue weighted by Gasteiger charge is 2.06. The third-order valence-electron chi connectivity index (χ3n) is 3.80. The summed E-state index contributed by atoms with van der Waals surface area (Å²) in [5.41, 5.74) is 4.37. The summed E-state index contributed by atoms with van der Waals surface area (Å²) in [6, 6.07) is 17.1. The van der Waals surface area contributed by atoms with Crippen molar-refractivity contribution in [2.24, 2.45) is 0 Å². The summed E-state index contributed by atoms with van der Waals surface area (Å²) in [7, 11) is 0. The summed E-state index contributed by atoms with van der Waals surface area (Å²) in [4.78, 5) is 7.23. The Morgan fingerprint density at radius 1 is 1.04 bits per heavy atom. The van der Waals surface area contributed by atoms with Gasteiger partial charge in [-0.1, -0.05) is 48.5 Å². The average molecular weight is 343 g/mol. The van der Waals surface area contributed by atoms with Gasteiger partial charge < -0.3 is 4.98 Å². The molecule has 0 aliphatic heterocycles. The van der Waals surface area contributed by atoms with Crippen LogP contribution in [0.4, 0.5) is 4.39 Å². The van der Waals surface area contributed by atoms with Crippen molar-refractivity contribution in [3.8, 4) is 0 Å². The van der Waals surface area contributed by atoms with E-state index in [2.05, 4.69) is 40.3 Å². The van der Waals surface area contributed by atoms with Gasteiger partial charge in [0.05, 0.1) is 18.2 Å². The van der Waals surface area contributed by atoms with Gasteiger partial charge in [0.25, 0.3) is 0 Å². The number of halogens is 2. The minimum atomic E-state index is -0.221. The zero-order valence-electron chi connectivity index (χ0n) is 13.3. The molecule has 0 spiro atoms. The topological polar surface area (TPSA) is 28.7 Å². The number of unbranched alkanes of at least 4 members (excludes halogenated alkanes) is 1. The Morgan fingerprint density at radius 2 is 1.79 bits per heavy atom. The molecule has 3 aromatic rings. The Bertz CT molecular complexity index is 750. The zero-order chi connectivity index (χ0) is 15.9. The van der Waals surface area contributed by atoms with Crippen LogP contribution in [0.25, 0.3) is 5.57 Å². The predicted molar refractivity (Wildman–Crippen MR) is 98.7 cm³/mol. The number of allylic oxidation sites excluding steroid dienone is 1. The molecule has 0 saturated carbocycles. The molecule has 0 bridgehead atoms. The molecule has 0 aliphatic carbocycles. The van der Waals surface area contributed by atoms with Crippen molar-refractivity contribution in [2.75, 3.05) is 0 Å². The van der Waals surface area contributed by atoms with Gasteiger partial charge in [0, 0.05) is 5.57 Å². The zero-order valence-corrected chi connectivity index (χ0v) is 14.1. The van der Waals surface area contributed by atoms with Gasteiger partial charge in [-0.3, -0.25) is 0 Å². The second-order valence-electron chi connectivity index (χ2n) is 5.47. The van der Waals surface area contributed by atoms with Gasteiger partial charge in [-0.15, -0.1) is 12.4 Å². The molecule has 124 valence electrons. The number of benzene rings is 2. The van der Waals surface area contributed by atoms with Gasteiger partial charge in [-0.25, -0.2) is 9.37 Å². The molecular weight excluding hydrogens is 323 g/mol. The molecule has 4 heteroatoms. The molecule has 24 heavy (non-hydrogen) atoms. The lowest BCUT2D eigenvalue weighted by atomic mass is 10.0. The number of aromatic amines is 1. The van der Waals surface area contributed by atoms with E-state index in [-0.39, 0.29) is 18.2 Å². The standard InChI is InChI=1S/C20H19FN2.ClH/c21-18-12-10-17(11-13-18)19(20-14-22-15-23-20)9-5-4-8-16-6-2-1-3-7-16;/h1-3,6-7,9-15H,4-5,8H2,(H,22,23);1H/b19-9+;. The van der Waals surface area contributed by atoms with E-state index in [4.69, 9.17) is 0 Å². The van der Waals surface area contributed by atoms with Crippen LogP contribution in [0, 0.1) is 5.82 Å². The number of rotatable bonds is 6. The van der Waals surface area contributed by atoms with Crippen LogP contribution in [0.3, 0.4) is 0 Å². The monoisotopic (exact) mass is 342 g/mol. The van der Waals surface area contributed by atoms with Crippen molar-refractivity contribution >= 4 is 18.0 Å². The highest BCUT2D eigenvalue weighted by Crippen LogP contribution is 2.23. The first-order valence-electron chi connectivity index (χ1n) is 7.82. The van der Waals surface area contributed by atoms with Crippen LogP contribution in [0.5, 0.6) is 0 Å². The number of aromatic nitrogens is 2. The van der Waals surface area contributed by atoms with Gasteiger partial charge in [-0.05, 0) is 42.5 Å². The highest BCUT2D eigenvalue weighted by atomic mass is 35.5. The first kappa shape index (κ1) is 18.0. The van der Waals surface area contributed by atoms with E-state index in [1.807, 2.05) is 6.07 Å². The Kier molecular flexibility index (Phi) is 6.76. The minimum absolute atomic E-state index is 0. The van der Waals surface area contributed by atoms with Crippen LogP contribution in [0.15, 0.2) is 73.2 Å². The van der Waals surface area contributed by atoms with E-state index < -0.39 is 0 Å². The van der Waals surface area contributed by atoms with E-state index in [0.717, 1.165) is 36.1 Å². The first-order valence-corrected chi connectivity index (χ1v) is 7.82. The molecule has 0 amide bonds. The minimum Gasteiger partial charge on any atom is -0.345 e. The van der Waals surface area contributed by atoms with Crippen LogP contribution in [-0.2, 0) is 6.42 Å². The lowest BCUT2D eigenvalue weighted by Gasteiger charge is -2.06. The number of hydrogen-bond donors (Lipinski definition) is 1. The molecule has 0 unspecified atom stereocenters. The molecule has 1 N–H and O–H groups in total. The van der Waals surface area contributed by atoms with E-state index >= 15 is 0 Å². The molecule has 0 aliphatic rings. The van der Waals surface area contributed by atoms with Gasteiger partial charge >= 0.3 is 0 Å². The fourth-order valence-corrected chi connectivity index (χ4v) is 2.61.